The molecule has 142 valence electrons. The molecule has 0 atom stereocenters. The lowest BCUT2D eigenvalue weighted by molar-refractivity contribution is 0.0878. The summed E-state index contributed by atoms with van der Waals surface area (Å²) in [4.78, 5) is 17.2. The molecule has 5 heteroatoms. The van der Waals surface area contributed by atoms with Crippen LogP contribution in [-0.2, 0) is 0 Å². The van der Waals surface area contributed by atoms with Crippen LogP contribution in [0.4, 0.5) is 0 Å². The normalized spacial score (nSPS) is 20.6. The van der Waals surface area contributed by atoms with Gasteiger partial charge < -0.3 is 14.6 Å². The first-order valence-electron chi connectivity index (χ1n) is 9.84. The molecular formula is C21H29ClN2O2. The zero-order valence-corrected chi connectivity index (χ0v) is 16.5. The van der Waals surface area contributed by atoms with Crippen LogP contribution in [0, 0.1) is 0 Å². The van der Waals surface area contributed by atoms with Crippen LogP contribution in [0.3, 0.4) is 0 Å². The van der Waals surface area contributed by atoms with Crippen molar-refractivity contribution in [1.29, 1.82) is 0 Å². The lowest BCUT2D eigenvalue weighted by Crippen LogP contribution is -2.41. The number of nitrogens with zero attached hydrogens (tertiary/aromatic N) is 1. The predicted octanol–water partition coefficient (Wildman–Crippen LogP) is 4.99. The zero-order chi connectivity index (χ0) is 18.5. The van der Waals surface area contributed by atoms with Crippen molar-refractivity contribution in [2.45, 2.75) is 64.5 Å². The van der Waals surface area contributed by atoms with E-state index in [0.29, 0.717) is 22.2 Å². The molecule has 0 bridgehead atoms. The van der Waals surface area contributed by atoms with E-state index in [1.54, 1.807) is 12.3 Å². The third kappa shape index (κ3) is 4.24. The Balaban J connectivity index is 1.65. The number of aromatic amines is 1. The number of ether oxygens (including phenoxy) is 1. The number of nitrogens with one attached hydrogen (secondary N) is 1. The van der Waals surface area contributed by atoms with Gasteiger partial charge in [0.1, 0.15) is 5.75 Å². The first kappa shape index (κ1) is 19.2. The largest absolute Gasteiger partial charge is 0.489 e. The Bertz CT molecular complexity index is 775. The molecule has 0 saturated heterocycles. The Morgan fingerprint density at radius 2 is 1.77 bits per heavy atom. The summed E-state index contributed by atoms with van der Waals surface area (Å²) in [5.41, 5.74) is -0.122. The van der Waals surface area contributed by atoms with Crippen LogP contribution < -0.4 is 10.3 Å². The van der Waals surface area contributed by atoms with E-state index in [-0.39, 0.29) is 11.7 Å². The number of fused-ring (bicyclic) bond motifs is 1. The highest BCUT2D eigenvalue weighted by Gasteiger charge is 2.26. The van der Waals surface area contributed by atoms with Gasteiger partial charge in [0.15, 0.2) is 0 Å². The molecule has 1 aromatic carbocycles. The van der Waals surface area contributed by atoms with Crippen molar-refractivity contribution in [1.82, 2.24) is 9.88 Å². The molecule has 26 heavy (non-hydrogen) atoms. The van der Waals surface area contributed by atoms with E-state index in [1.807, 2.05) is 12.1 Å². The van der Waals surface area contributed by atoms with Crippen molar-refractivity contribution >= 4 is 22.4 Å². The van der Waals surface area contributed by atoms with Gasteiger partial charge in [0.2, 0.25) is 0 Å². The van der Waals surface area contributed by atoms with Crippen LogP contribution in [-0.4, -0.2) is 35.1 Å². The van der Waals surface area contributed by atoms with E-state index in [4.69, 9.17) is 16.3 Å². The molecule has 1 aliphatic carbocycles. The van der Waals surface area contributed by atoms with E-state index in [0.717, 1.165) is 18.2 Å². The molecule has 1 fully saturated rings. The van der Waals surface area contributed by atoms with Crippen LogP contribution in [0.1, 0.15) is 52.4 Å². The van der Waals surface area contributed by atoms with Crippen molar-refractivity contribution in [2.75, 3.05) is 13.1 Å². The summed E-state index contributed by atoms with van der Waals surface area (Å²) in [6.07, 6.45) is 8.71. The summed E-state index contributed by atoms with van der Waals surface area (Å²) in [7, 11) is 0. The Hall–Kier alpha value is -1.52. The molecule has 0 unspecified atom stereocenters. The van der Waals surface area contributed by atoms with E-state index in [9.17, 15) is 4.79 Å². The van der Waals surface area contributed by atoms with E-state index < -0.39 is 0 Å². The monoisotopic (exact) mass is 376 g/mol. The fraction of sp³-hybridized carbons (Fsp3) is 0.571. The van der Waals surface area contributed by atoms with E-state index >= 15 is 0 Å². The van der Waals surface area contributed by atoms with Crippen LogP contribution in [0.25, 0.3) is 10.8 Å². The summed E-state index contributed by atoms with van der Waals surface area (Å²) in [5, 5.41) is 1.89. The Morgan fingerprint density at radius 1 is 1.08 bits per heavy atom. The summed E-state index contributed by atoms with van der Waals surface area (Å²) in [6, 6.07) is 6.13. The number of H-pyrrole nitrogens is 1. The molecule has 1 aromatic heterocycles. The molecule has 1 saturated carbocycles. The molecule has 0 amide bonds. The standard InChI is InChI=1S/C21H29ClN2O2/c1-3-13-24(14-4-2)15-5-7-16(8-6-15)26-19-10-9-18-17(20(19)22)11-12-23-21(18)25/h9-12,15-16H,3-8,13-14H2,1-2H3,(H,23,25). The molecule has 1 heterocycles. The average Bonchev–Trinajstić information content (AvgIpc) is 2.65. The van der Waals surface area contributed by atoms with Crippen LogP contribution >= 0.6 is 11.6 Å². The summed E-state index contributed by atoms with van der Waals surface area (Å²) < 4.78 is 6.22. The number of halogens is 1. The smallest absolute Gasteiger partial charge is 0.255 e. The van der Waals surface area contributed by atoms with Crippen molar-refractivity contribution < 1.29 is 4.74 Å². The predicted molar refractivity (Wildman–Crippen MR) is 108 cm³/mol. The molecule has 3 rings (SSSR count). The lowest BCUT2D eigenvalue weighted by atomic mass is 9.91. The number of benzene rings is 1. The van der Waals surface area contributed by atoms with Gasteiger partial charge in [-0.15, -0.1) is 0 Å². The Morgan fingerprint density at radius 3 is 2.42 bits per heavy atom. The SMILES string of the molecule is CCCN(CCC)C1CCC(Oc2ccc3c(=O)[nH]ccc3c2Cl)CC1. The number of hydrogen-bond donors (Lipinski definition) is 1. The Kier molecular flexibility index (Phi) is 6.60. The highest BCUT2D eigenvalue weighted by atomic mass is 35.5. The molecule has 1 aliphatic rings. The second-order valence-corrected chi connectivity index (χ2v) is 7.61. The van der Waals surface area contributed by atoms with Crippen molar-refractivity contribution in [3.8, 4) is 5.75 Å². The van der Waals surface area contributed by atoms with Gasteiger partial charge in [-0.25, -0.2) is 0 Å². The molecule has 0 aliphatic heterocycles. The second-order valence-electron chi connectivity index (χ2n) is 7.23. The number of aromatic nitrogens is 1. The van der Waals surface area contributed by atoms with Gasteiger partial charge >= 0.3 is 0 Å². The minimum Gasteiger partial charge on any atom is -0.489 e. The van der Waals surface area contributed by atoms with Crippen molar-refractivity contribution in [3.63, 3.8) is 0 Å². The van der Waals surface area contributed by atoms with Gasteiger partial charge in [0, 0.05) is 23.0 Å². The van der Waals surface area contributed by atoms with Gasteiger partial charge in [-0.05, 0) is 69.8 Å². The molecule has 1 N–H and O–H groups in total. The minimum absolute atomic E-state index is 0.122. The maximum Gasteiger partial charge on any atom is 0.255 e. The summed E-state index contributed by atoms with van der Waals surface area (Å²) in [5.74, 6) is 0.687. The van der Waals surface area contributed by atoms with Crippen LogP contribution in [0.5, 0.6) is 5.75 Å². The maximum atomic E-state index is 11.9. The number of hydrogen-bond acceptors (Lipinski definition) is 3. The fourth-order valence-electron chi connectivity index (χ4n) is 4.06. The third-order valence-electron chi connectivity index (χ3n) is 5.33. The van der Waals surface area contributed by atoms with E-state index in [2.05, 4.69) is 23.7 Å². The molecular weight excluding hydrogens is 348 g/mol. The lowest BCUT2D eigenvalue weighted by Gasteiger charge is -2.37. The van der Waals surface area contributed by atoms with Crippen molar-refractivity contribution in [3.05, 3.63) is 39.8 Å². The van der Waals surface area contributed by atoms with Gasteiger partial charge in [0.25, 0.3) is 5.56 Å². The van der Waals surface area contributed by atoms with Gasteiger partial charge in [-0.1, -0.05) is 25.4 Å². The molecule has 4 nitrogen and oxygen atoms in total. The van der Waals surface area contributed by atoms with Gasteiger partial charge in [-0.3, -0.25) is 4.79 Å². The molecule has 0 spiro atoms. The second kappa shape index (κ2) is 8.92. The third-order valence-corrected chi connectivity index (χ3v) is 5.72. The fourth-order valence-corrected chi connectivity index (χ4v) is 4.33. The molecule has 2 aromatic rings. The maximum absolute atomic E-state index is 11.9. The number of rotatable bonds is 7. The highest BCUT2D eigenvalue weighted by molar-refractivity contribution is 6.37. The van der Waals surface area contributed by atoms with Crippen LogP contribution in [0.2, 0.25) is 5.02 Å². The van der Waals surface area contributed by atoms with Crippen LogP contribution in [0.15, 0.2) is 29.2 Å². The zero-order valence-electron chi connectivity index (χ0n) is 15.8. The van der Waals surface area contributed by atoms with Gasteiger partial charge in [0.05, 0.1) is 11.1 Å². The van der Waals surface area contributed by atoms with E-state index in [1.165, 1.54) is 38.8 Å². The Labute approximate surface area is 160 Å². The molecule has 0 radical (unpaired) electrons. The first-order chi connectivity index (χ1) is 12.6. The topological polar surface area (TPSA) is 45.3 Å². The summed E-state index contributed by atoms with van der Waals surface area (Å²) >= 11 is 6.51. The van der Waals surface area contributed by atoms with Gasteiger partial charge in [-0.2, -0.15) is 0 Å². The highest BCUT2D eigenvalue weighted by Crippen LogP contribution is 2.34. The average molecular weight is 377 g/mol. The summed E-state index contributed by atoms with van der Waals surface area (Å²) in [6.45, 7) is 6.89. The number of pyridine rings is 1. The quantitative estimate of drug-likeness (QED) is 0.740. The van der Waals surface area contributed by atoms with Crippen molar-refractivity contribution in [2.24, 2.45) is 0 Å². The first-order valence-corrected chi connectivity index (χ1v) is 10.2. The minimum atomic E-state index is -0.122.